The van der Waals surface area contributed by atoms with Gasteiger partial charge < -0.3 is 10.1 Å². The summed E-state index contributed by atoms with van der Waals surface area (Å²) in [4.78, 5) is 16.7. The number of aryl methyl sites for hydroxylation is 1. The van der Waals surface area contributed by atoms with Crippen molar-refractivity contribution in [1.82, 2.24) is 9.80 Å². The quantitative estimate of drug-likeness (QED) is 0.714. The first-order chi connectivity index (χ1) is 12.1. The van der Waals surface area contributed by atoms with Crippen molar-refractivity contribution < 1.29 is 9.53 Å². The molecule has 0 spiro atoms. The number of rotatable bonds is 8. The van der Waals surface area contributed by atoms with Crippen LogP contribution in [0.2, 0.25) is 0 Å². The molecule has 0 radical (unpaired) electrons. The van der Waals surface area contributed by atoms with Gasteiger partial charge in [-0.2, -0.15) is 5.26 Å². The molecule has 1 amide bonds. The van der Waals surface area contributed by atoms with Gasteiger partial charge in [0, 0.05) is 49.3 Å². The smallest absolute Gasteiger partial charge is 0.238 e. The molecule has 1 aliphatic rings. The van der Waals surface area contributed by atoms with Crippen LogP contribution in [0.4, 0.5) is 5.69 Å². The summed E-state index contributed by atoms with van der Waals surface area (Å²) in [7, 11) is 0. The fourth-order valence-corrected chi connectivity index (χ4v) is 2.96. The van der Waals surface area contributed by atoms with E-state index in [0.29, 0.717) is 19.5 Å². The molecule has 0 aromatic heterocycles. The topological polar surface area (TPSA) is 68.6 Å². The second kappa shape index (κ2) is 10.5. The summed E-state index contributed by atoms with van der Waals surface area (Å²) >= 11 is 3.46. The Kier molecular flexibility index (Phi) is 8.35. The zero-order valence-corrected chi connectivity index (χ0v) is 16.2. The van der Waals surface area contributed by atoms with E-state index in [9.17, 15) is 4.79 Å². The fraction of sp³-hybridized carbons (Fsp3) is 0.556. The molecule has 1 aliphatic heterocycles. The predicted octanol–water partition coefficient (Wildman–Crippen LogP) is 2.24. The van der Waals surface area contributed by atoms with Crippen molar-refractivity contribution in [2.24, 2.45) is 0 Å². The van der Waals surface area contributed by atoms with E-state index in [1.54, 1.807) is 0 Å². The van der Waals surface area contributed by atoms with Crippen LogP contribution >= 0.6 is 15.9 Å². The van der Waals surface area contributed by atoms with E-state index in [1.807, 2.05) is 30.0 Å². The first-order valence-corrected chi connectivity index (χ1v) is 9.33. The number of carbonyl (C=O) groups is 1. The Morgan fingerprint density at radius 2 is 2.16 bits per heavy atom. The van der Waals surface area contributed by atoms with E-state index in [1.165, 1.54) is 0 Å². The van der Waals surface area contributed by atoms with Gasteiger partial charge in [0.15, 0.2) is 0 Å². The van der Waals surface area contributed by atoms with E-state index >= 15 is 0 Å². The predicted molar refractivity (Wildman–Crippen MR) is 101 cm³/mol. The number of ether oxygens (including phenoxy) is 1. The molecule has 2 rings (SSSR count). The molecule has 1 fully saturated rings. The number of nitriles is 1. The van der Waals surface area contributed by atoms with Crippen LogP contribution in [-0.2, 0) is 9.53 Å². The molecule has 1 aromatic rings. The summed E-state index contributed by atoms with van der Waals surface area (Å²) in [5.41, 5.74) is 1.87. The van der Waals surface area contributed by atoms with Crippen LogP contribution in [0.25, 0.3) is 0 Å². The lowest BCUT2D eigenvalue weighted by atomic mass is 10.2. The van der Waals surface area contributed by atoms with Crippen molar-refractivity contribution in [3.05, 3.63) is 28.2 Å². The maximum absolute atomic E-state index is 12.4. The summed E-state index contributed by atoms with van der Waals surface area (Å²) in [6.45, 7) is 7.93. The van der Waals surface area contributed by atoms with Gasteiger partial charge >= 0.3 is 0 Å². The Morgan fingerprint density at radius 3 is 2.84 bits per heavy atom. The Bertz CT molecular complexity index is 612. The second-order valence-electron chi connectivity index (χ2n) is 6.15. The Hall–Kier alpha value is -1.46. The molecule has 6 nitrogen and oxygen atoms in total. The molecule has 1 aromatic carbocycles. The van der Waals surface area contributed by atoms with Gasteiger partial charge in [-0.3, -0.25) is 14.6 Å². The monoisotopic (exact) mass is 408 g/mol. The van der Waals surface area contributed by atoms with Crippen LogP contribution < -0.4 is 5.32 Å². The molecular formula is C18H25BrN4O2. The molecule has 136 valence electrons. The highest BCUT2D eigenvalue weighted by Crippen LogP contribution is 2.19. The number of hydrogen-bond acceptors (Lipinski definition) is 5. The summed E-state index contributed by atoms with van der Waals surface area (Å²) in [6, 6.07) is 7.91. The maximum Gasteiger partial charge on any atom is 0.238 e. The summed E-state index contributed by atoms with van der Waals surface area (Å²) in [5.74, 6) is -0.0540. The van der Waals surface area contributed by atoms with Crippen LogP contribution in [0.5, 0.6) is 0 Å². The summed E-state index contributed by atoms with van der Waals surface area (Å²) in [6.07, 6.45) is 0.424. The van der Waals surface area contributed by atoms with Crippen molar-refractivity contribution in [1.29, 1.82) is 5.26 Å². The van der Waals surface area contributed by atoms with Gasteiger partial charge in [-0.15, -0.1) is 0 Å². The van der Waals surface area contributed by atoms with Gasteiger partial charge in [-0.1, -0.05) is 15.9 Å². The van der Waals surface area contributed by atoms with Crippen molar-refractivity contribution in [3.8, 4) is 6.07 Å². The molecule has 0 aliphatic carbocycles. The molecule has 7 heteroatoms. The third kappa shape index (κ3) is 7.12. The number of anilines is 1. The van der Waals surface area contributed by atoms with Crippen LogP contribution in [0.3, 0.4) is 0 Å². The Morgan fingerprint density at radius 1 is 1.40 bits per heavy atom. The lowest BCUT2D eigenvalue weighted by Gasteiger charge is -2.29. The Labute approximate surface area is 157 Å². The molecule has 1 N–H and O–H groups in total. The molecule has 1 heterocycles. The maximum atomic E-state index is 12.4. The number of nitrogens with one attached hydrogen (secondary N) is 1. The number of hydrogen-bond donors (Lipinski definition) is 1. The van der Waals surface area contributed by atoms with Gasteiger partial charge in [0.2, 0.25) is 5.91 Å². The average Bonchev–Trinajstić information content (AvgIpc) is 2.61. The van der Waals surface area contributed by atoms with E-state index in [2.05, 4.69) is 32.2 Å². The number of morpholine rings is 1. The first-order valence-electron chi connectivity index (χ1n) is 8.54. The van der Waals surface area contributed by atoms with Crippen molar-refractivity contribution >= 4 is 27.5 Å². The minimum Gasteiger partial charge on any atom is -0.379 e. The lowest BCUT2D eigenvalue weighted by Crippen LogP contribution is -2.43. The van der Waals surface area contributed by atoms with Crippen LogP contribution in [0.1, 0.15) is 12.0 Å². The number of nitrogens with zero attached hydrogens (tertiary/aromatic N) is 3. The number of halogens is 1. The number of carbonyl (C=O) groups excluding carboxylic acids is 1. The van der Waals surface area contributed by atoms with Crippen LogP contribution in [0.15, 0.2) is 22.7 Å². The normalized spacial score (nSPS) is 15.1. The standard InChI is InChI=1S/C18H25BrN4O2/c1-15-13-16(3-4-17(15)19)21-18(24)14-23(6-2-5-20)8-7-22-9-11-25-12-10-22/h3-4,13H,2,6-12,14H2,1H3,(H,21,24). The molecule has 25 heavy (non-hydrogen) atoms. The molecule has 0 bridgehead atoms. The minimum absolute atomic E-state index is 0.0540. The van der Waals surface area contributed by atoms with E-state index < -0.39 is 0 Å². The molecule has 0 unspecified atom stereocenters. The zero-order chi connectivity index (χ0) is 18.1. The molecule has 0 atom stereocenters. The third-order valence-electron chi connectivity index (χ3n) is 4.18. The molecule has 1 saturated heterocycles. The first kappa shape index (κ1) is 19.9. The lowest BCUT2D eigenvalue weighted by molar-refractivity contribution is -0.117. The van der Waals surface area contributed by atoms with E-state index in [4.69, 9.17) is 10.00 Å². The minimum atomic E-state index is -0.0540. The highest BCUT2D eigenvalue weighted by molar-refractivity contribution is 9.10. The Balaban J connectivity index is 1.84. The van der Waals surface area contributed by atoms with Gasteiger partial charge in [0.25, 0.3) is 0 Å². The second-order valence-corrected chi connectivity index (χ2v) is 7.00. The summed E-state index contributed by atoms with van der Waals surface area (Å²) < 4.78 is 6.37. The number of benzene rings is 1. The van der Waals surface area contributed by atoms with Crippen molar-refractivity contribution in [2.75, 3.05) is 57.8 Å². The highest BCUT2D eigenvalue weighted by atomic mass is 79.9. The average molecular weight is 409 g/mol. The van der Waals surface area contributed by atoms with Gasteiger partial charge in [-0.05, 0) is 30.7 Å². The SMILES string of the molecule is Cc1cc(NC(=O)CN(CCC#N)CCN2CCOCC2)ccc1Br. The van der Waals surface area contributed by atoms with Crippen LogP contribution in [-0.4, -0.2) is 68.2 Å². The summed E-state index contributed by atoms with van der Waals surface area (Å²) in [5, 5.41) is 11.8. The fourth-order valence-electron chi connectivity index (χ4n) is 2.71. The molecule has 0 saturated carbocycles. The highest BCUT2D eigenvalue weighted by Gasteiger charge is 2.15. The van der Waals surface area contributed by atoms with Gasteiger partial charge in [0.05, 0.1) is 25.8 Å². The number of amides is 1. The van der Waals surface area contributed by atoms with E-state index in [-0.39, 0.29) is 5.91 Å². The van der Waals surface area contributed by atoms with Gasteiger partial charge in [-0.25, -0.2) is 0 Å². The van der Waals surface area contributed by atoms with Crippen molar-refractivity contribution in [3.63, 3.8) is 0 Å². The zero-order valence-electron chi connectivity index (χ0n) is 14.6. The molecular weight excluding hydrogens is 384 g/mol. The third-order valence-corrected chi connectivity index (χ3v) is 5.07. The van der Waals surface area contributed by atoms with E-state index in [0.717, 1.165) is 55.1 Å². The van der Waals surface area contributed by atoms with Gasteiger partial charge in [0.1, 0.15) is 0 Å². The van der Waals surface area contributed by atoms with Crippen LogP contribution in [0, 0.1) is 18.3 Å². The van der Waals surface area contributed by atoms with Crippen molar-refractivity contribution in [2.45, 2.75) is 13.3 Å². The largest absolute Gasteiger partial charge is 0.379 e.